The van der Waals surface area contributed by atoms with E-state index in [2.05, 4.69) is 19.0 Å². The van der Waals surface area contributed by atoms with Crippen LogP contribution in [-0.2, 0) is 11.3 Å². The van der Waals surface area contributed by atoms with Gasteiger partial charge in [-0.2, -0.15) is 0 Å². The normalized spacial score (nSPS) is 24.5. The van der Waals surface area contributed by atoms with Crippen LogP contribution in [0.25, 0.3) is 0 Å². The zero-order valence-electron chi connectivity index (χ0n) is 17.8. The second-order valence-corrected chi connectivity index (χ2v) is 9.27. The Labute approximate surface area is 169 Å². The van der Waals surface area contributed by atoms with Crippen molar-refractivity contribution >= 4 is 5.91 Å². The van der Waals surface area contributed by atoms with Crippen molar-refractivity contribution in [2.75, 3.05) is 26.7 Å². The molecule has 1 unspecified atom stereocenters. The summed E-state index contributed by atoms with van der Waals surface area (Å²) in [6.07, 6.45) is 9.07. The van der Waals surface area contributed by atoms with Gasteiger partial charge in [-0.05, 0) is 38.1 Å². The number of rotatable bonds is 8. The molecule has 2 aliphatic rings. The summed E-state index contributed by atoms with van der Waals surface area (Å²) < 4.78 is 5.40. The minimum atomic E-state index is -1.29. The fraction of sp³-hybridized carbons (Fsp3) is 0.818. The first kappa shape index (κ1) is 21.3. The number of piperidine rings is 1. The van der Waals surface area contributed by atoms with Crippen molar-refractivity contribution in [1.82, 2.24) is 15.0 Å². The molecule has 1 aromatic heterocycles. The molecule has 158 valence electrons. The third-order valence-electron chi connectivity index (χ3n) is 6.36. The van der Waals surface area contributed by atoms with E-state index >= 15 is 0 Å². The lowest BCUT2D eigenvalue weighted by molar-refractivity contribution is -0.159. The Bertz CT molecular complexity index is 639. The highest BCUT2D eigenvalue weighted by Crippen LogP contribution is 2.29. The van der Waals surface area contributed by atoms with Gasteiger partial charge in [-0.3, -0.25) is 9.69 Å². The predicted molar refractivity (Wildman–Crippen MR) is 109 cm³/mol. The van der Waals surface area contributed by atoms with Gasteiger partial charge in [0.25, 0.3) is 5.91 Å². The van der Waals surface area contributed by atoms with Crippen molar-refractivity contribution in [1.29, 1.82) is 0 Å². The highest BCUT2D eigenvalue weighted by molar-refractivity contribution is 5.86. The number of aromatic nitrogens is 1. The summed E-state index contributed by atoms with van der Waals surface area (Å²) in [7, 11) is 1.92. The van der Waals surface area contributed by atoms with Crippen molar-refractivity contribution in [3.8, 4) is 0 Å². The molecule has 1 amide bonds. The molecule has 6 nitrogen and oxygen atoms in total. The van der Waals surface area contributed by atoms with Crippen molar-refractivity contribution in [3.05, 3.63) is 17.5 Å². The molecule has 0 radical (unpaired) electrons. The summed E-state index contributed by atoms with van der Waals surface area (Å²) in [5.41, 5.74) is -0.356. The number of nitrogens with zero attached hydrogens (tertiary/aromatic N) is 3. The van der Waals surface area contributed by atoms with Crippen molar-refractivity contribution < 1.29 is 14.4 Å². The maximum atomic E-state index is 13.0. The van der Waals surface area contributed by atoms with Gasteiger partial charge in [-0.15, -0.1) is 0 Å². The molecular formula is C22H37N3O3. The minimum absolute atomic E-state index is 0.0955. The van der Waals surface area contributed by atoms with Crippen LogP contribution in [0.5, 0.6) is 0 Å². The quantitative estimate of drug-likeness (QED) is 0.734. The maximum absolute atomic E-state index is 13.0. The maximum Gasteiger partial charge on any atom is 0.255 e. The molecule has 1 saturated carbocycles. The first-order chi connectivity index (χ1) is 13.4. The van der Waals surface area contributed by atoms with E-state index < -0.39 is 5.60 Å². The van der Waals surface area contributed by atoms with Crippen molar-refractivity contribution in [3.63, 3.8) is 0 Å². The molecule has 1 aliphatic heterocycles. The molecule has 6 heteroatoms. The lowest BCUT2D eigenvalue weighted by Gasteiger charge is -2.40. The zero-order chi connectivity index (χ0) is 20.1. The Hall–Kier alpha value is -1.40. The Balaban J connectivity index is 1.52. The molecule has 0 aromatic carbocycles. The summed E-state index contributed by atoms with van der Waals surface area (Å²) >= 11 is 0. The van der Waals surface area contributed by atoms with E-state index in [9.17, 15) is 9.90 Å². The van der Waals surface area contributed by atoms with E-state index in [0.717, 1.165) is 43.3 Å². The topological polar surface area (TPSA) is 69.8 Å². The first-order valence-electron chi connectivity index (χ1n) is 11.0. The number of carbonyl (C=O) groups is 1. The van der Waals surface area contributed by atoms with E-state index in [1.807, 2.05) is 22.9 Å². The van der Waals surface area contributed by atoms with Crippen LogP contribution in [0.3, 0.4) is 0 Å². The number of carbonyl (C=O) groups excluding carboxylic acids is 1. The summed E-state index contributed by atoms with van der Waals surface area (Å²) in [6.45, 7) is 6.58. The van der Waals surface area contributed by atoms with Gasteiger partial charge in [0.2, 0.25) is 0 Å². The molecule has 1 N–H and O–H groups in total. The SMILES string of the molecule is CC(C)c1cc(CN(C)CC2(O)CCCN(CCC3CCCCC3)C2=O)on1. The van der Waals surface area contributed by atoms with Crippen molar-refractivity contribution in [2.45, 2.75) is 83.3 Å². The van der Waals surface area contributed by atoms with Crippen molar-refractivity contribution in [2.24, 2.45) is 5.92 Å². The highest BCUT2D eigenvalue weighted by Gasteiger charge is 2.42. The molecule has 28 heavy (non-hydrogen) atoms. The zero-order valence-corrected chi connectivity index (χ0v) is 17.8. The second kappa shape index (κ2) is 9.40. The summed E-state index contributed by atoms with van der Waals surface area (Å²) in [6, 6.07) is 1.96. The van der Waals surface area contributed by atoms with Crippen LogP contribution in [0.15, 0.2) is 10.6 Å². The van der Waals surface area contributed by atoms with Crippen LogP contribution in [-0.4, -0.2) is 58.3 Å². The predicted octanol–water partition coefficient (Wildman–Crippen LogP) is 3.55. The van der Waals surface area contributed by atoms with Gasteiger partial charge >= 0.3 is 0 Å². The molecule has 1 aliphatic carbocycles. The number of hydrogen-bond acceptors (Lipinski definition) is 5. The molecule has 2 fully saturated rings. The third kappa shape index (κ3) is 5.35. The number of amides is 1. The monoisotopic (exact) mass is 391 g/mol. The number of hydrogen-bond donors (Lipinski definition) is 1. The first-order valence-corrected chi connectivity index (χ1v) is 11.0. The van der Waals surface area contributed by atoms with Gasteiger partial charge in [0, 0.05) is 25.7 Å². The molecular weight excluding hydrogens is 354 g/mol. The van der Waals surface area contributed by atoms with E-state index in [-0.39, 0.29) is 5.91 Å². The van der Waals surface area contributed by atoms with Gasteiger partial charge < -0.3 is 14.5 Å². The number of likely N-dealkylation sites (N-methyl/N-ethyl adjacent to an activating group) is 1. The van der Waals surface area contributed by atoms with E-state index in [0.29, 0.717) is 25.4 Å². The largest absolute Gasteiger partial charge is 0.379 e. The number of likely N-dealkylation sites (tertiary alicyclic amines) is 1. The minimum Gasteiger partial charge on any atom is -0.379 e. The van der Waals surface area contributed by atoms with Crippen LogP contribution in [0, 0.1) is 5.92 Å². The van der Waals surface area contributed by atoms with E-state index in [1.165, 1.54) is 32.1 Å². The molecule has 0 bridgehead atoms. The van der Waals surface area contributed by atoms with Gasteiger partial charge in [-0.25, -0.2) is 0 Å². The fourth-order valence-corrected chi connectivity index (χ4v) is 4.68. The number of aliphatic hydroxyl groups is 1. The van der Waals surface area contributed by atoms with Gasteiger partial charge in [0.05, 0.1) is 12.2 Å². The van der Waals surface area contributed by atoms with Crippen LogP contribution < -0.4 is 0 Å². The van der Waals surface area contributed by atoms with Gasteiger partial charge in [0.1, 0.15) is 0 Å². The van der Waals surface area contributed by atoms with E-state index in [1.54, 1.807) is 0 Å². The molecule has 0 spiro atoms. The van der Waals surface area contributed by atoms with Gasteiger partial charge in [-0.1, -0.05) is 51.1 Å². The van der Waals surface area contributed by atoms with Crippen LogP contribution in [0.1, 0.15) is 82.6 Å². The lowest BCUT2D eigenvalue weighted by atomic mass is 9.86. The lowest BCUT2D eigenvalue weighted by Crippen LogP contribution is -2.58. The van der Waals surface area contributed by atoms with Crippen LogP contribution in [0.2, 0.25) is 0 Å². The summed E-state index contributed by atoms with van der Waals surface area (Å²) in [5.74, 6) is 1.75. The van der Waals surface area contributed by atoms with Crippen LogP contribution >= 0.6 is 0 Å². The Morgan fingerprint density at radius 3 is 2.75 bits per heavy atom. The highest BCUT2D eigenvalue weighted by atomic mass is 16.5. The average molecular weight is 392 g/mol. The standard InChI is InChI=1S/C22H37N3O3/c1-17(2)20-14-19(28-23-20)15-24(3)16-22(27)11-7-12-25(21(22)26)13-10-18-8-5-4-6-9-18/h14,17-18,27H,4-13,15-16H2,1-3H3. The Morgan fingerprint density at radius 2 is 2.07 bits per heavy atom. The van der Waals surface area contributed by atoms with Crippen LogP contribution in [0.4, 0.5) is 0 Å². The smallest absolute Gasteiger partial charge is 0.255 e. The fourth-order valence-electron chi connectivity index (χ4n) is 4.68. The third-order valence-corrected chi connectivity index (χ3v) is 6.36. The molecule has 2 heterocycles. The van der Waals surface area contributed by atoms with E-state index in [4.69, 9.17) is 4.52 Å². The molecule has 3 rings (SSSR count). The molecule has 1 atom stereocenters. The average Bonchev–Trinajstić information content (AvgIpc) is 3.12. The molecule has 1 saturated heterocycles. The summed E-state index contributed by atoms with van der Waals surface area (Å²) in [5, 5.41) is 15.2. The second-order valence-electron chi connectivity index (χ2n) is 9.27. The Kier molecular flexibility index (Phi) is 7.15. The molecule has 1 aromatic rings. The Morgan fingerprint density at radius 1 is 1.32 bits per heavy atom. The summed E-state index contributed by atoms with van der Waals surface area (Å²) in [4.78, 5) is 16.9. The van der Waals surface area contributed by atoms with Gasteiger partial charge in [0.15, 0.2) is 11.4 Å².